The molecular weight excluding hydrogens is 284 g/mol. The van der Waals surface area contributed by atoms with Gasteiger partial charge in [-0.15, -0.1) is 5.10 Å². The second kappa shape index (κ2) is 5.62. The molecule has 0 aliphatic carbocycles. The van der Waals surface area contributed by atoms with Crippen molar-refractivity contribution in [2.45, 2.75) is 56.7 Å². The van der Waals surface area contributed by atoms with Crippen LogP contribution in [0.3, 0.4) is 0 Å². The quantitative estimate of drug-likeness (QED) is 0.888. The normalized spacial score (nSPS) is 32.0. The second-order valence-corrected chi connectivity index (χ2v) is 6.35. The van der Waals surface area contributed by atoms with E-state index in [0.717, 1.165) is 57.2 Å². The third-order valence-corrected chi connectivity index (χ3v) is 5.01. The van der Waals surface area contributed by atoms with Crippen LogP contribution in [0.15, 0.2) is 0 Å². The van der Waals surface area contributed by atoms with Gasteiger partial charge in [-0.05, 0) is 44.9 Å². The summed E-state index contributed by atoms with van der Waals surface area (Å²) in [5.41, 5.74) is 0.0471. The van der Waals surface area contributed by atoms with Crippen LogP contribution in [0.2, 0.25) is 0 Å². The molecular formula is C15H22N4O3. The van der Waals surface area contributed by atoms with Crippen molar-refractivity contribution in [3.8, 4) is 0 Å². The van der Waals surface area contributed by atoms with Crippen molar-refractivity contribution in [1.29, 1.82) is 0 Å². The zero-order valence-electron chi connectivity index (χ0n) is 12.7. The van der Waals surface area contributed by atoms with E-state index < -0.39 is 5.60 Å². The van der Waals surface area contributed by atoms with Crippen LogP contribution >= 0.6 is 0 Å². The Morgan fingerprint density at radius 1 is 1.23 bits per heavy atom. The zero-order valence-corrected chi connectivity index (χ0v) is 12.7. The molecule has 7 nitrogen and oxygen atoms in total. The maximum Gasteiger partial charge on any atom is 0.263 e. The van der Waals surface area contributed by atoms with E-state index in [9.17, 15) is 4.79 Å². The Kier molecular flexibility index (Phi) is 3.62. The highest BCUT2D eigenvalue weighted by atomic mass is 16.6. The molecule has 0 bridgehead atoms. The molecule has 2 atom stereocenters. The number of fused-ring (bicyclic) bond motifs is 1. The Labute approximate surface area is 129 Å². The SMILES string of the molecule is O=C(N1CCCc2n[nH]nc21)C1(C2CCCCO2)CCCO1. The Morgan fingerprint density at radius 2 is 2.18 bits per heavy atom. The smallest absolute Gasteiger partial charge is 0.263 e. The maximum absolute atomic E-state index is 13.3. The average Bonchev–Trinajstić information content (AvgIpc) is 3.24. The highest BCUT2D eigenvalue weighted by Gasteiger charge is 2.53. The van der Waals surface area contributed by atoms with Gasteiger partial charge in [-0.25, -0.2) is 0 Å². The van der Waals surface area contributed by atoms with Crippen LogP contribution in [0.25, 0.3) is 0 Å². The molecule has 3 aliphatic rings. The van der Waals surface area contributed by atoms with Crippen LogP contribution < -0.4 is 4.90 Å². The van der Waals surface area contributed by atoms with Gasteiger partial charge in [-0.3, -0.25) is 9.69 Å². The molecule has 1 N–H and O–H groups in total. The summed E-state index contributed by atoms with van der Waals surface area (Å²) in [5.74, 6) is 0.675. The lowest BCUT2D eigenvalue weighted by molar-refractivity contribution is -0.165. The molecule has 1 aromatic rings. The summed E-state index contributed by atoms with van der Waals surface area (Å²) in [5, 5.41) is 11.0. The minimum absolute atomic E-state index is 0.00625. The second-order valence-electron chi connectivity index (χ2n) is 6.35. The summed E-state index contributed by atoms with van der Waals surface area (Å²) >= 11 is 0. The largest absolute Gasteiger partial charge is 0.375 e. The molecule has 0 radical (unpaired) electrons. The van der Waals surface area contributed by atoms with Crippen molar-refractivity contribution in [3.63, 3.8) is 0 Å². The molecule has 0 saturated carbocycles. The molecule has 7 heteroatoms. The molecule has 4 heterocycles. The topological polar surface area (TPSA) is 80.3 Å². The first-order valence-electron chi connectivity index (χ1n) is 8.28. The van der Waals surface area contributed by atoms with Gasteiger partial charge >= 0.3 is 0 Å². The fourth-order valence-electron chi connectivity index (χ4n) is 3.90. The minimum Gasteiger partial charge on any atom is -0.375 e. The van der Waals surface area contributed by atoms with Crippen LogP contribution in [-0.4, -0.2) is 52.8 Å². The van der Waals surface area contributed by atoms with E-state index >= 15 is 0 Å². The van der Waals surface area contributed by atoms with E-state index in [1.807, 2.05) is 0 Å². The number of nitrogens with one attached hydrogen (secondary N) is 1. The number of anilines is 1. The summed E-state index contributed by atoms with van der Waals surface area (Å²) in [6, 6.07) is 0. The third kappa shape index (κ3) is 2.14. The molecule has 0 aromatic carbocycles. The van der Waals surface area contributed by atoms with Gasteiger partial charge in [0.25, 0.3) is 5.91 Å². The van der Waals surface area contributed by atoms with Gasteiger partial charge in [0, 0.05) is 19.8 Å². The number of aromatic nitrogens is 3. The monoisotopic (exact) mass is 306 g/mol. The number of ether oxygens (including phenoxy) is 2. The number of carbonyl (C=O) groups is 1. The van der Waals surface area contributed by atoms with Crippen molar-refractivity contribution in [1.82, 2.24) is 15.4 Å². The lowest BCUT2D eigenvalue weighted by atomic mass is 9.86. The molecule has 120 valence electrons. The number of rotatable bonds is 2. The molecule has 0 spiro atoms. The van der Waals surface area contributed by atoms with Gasteiger partial charge in [0.1, 0.15) is 5.69 Å². The Balaban J connectivity index is 1.65. The first-order chi connectivity index (χ1) is 10.8. The highest BCUT2D eigenvalue weighted by molar-refractivity contribution is 6.00. The van der Waals surface area contributed by atoms with Crippen molar-refractivity contribution in [2.75, 3.05) is 24.7 Å². The van der Waals surface area contributed by atoms with E-state index in [1.54, 1.807) is 4.90 Å². The fraction of sp³-hybridized carbons (Fsp3) is 0.800. The number of nitrogens with zero attached hydrogens (tertiary/aromatic N) is 3. The summed E-state index contributed by atoms with van der Waals surface area (Å²) in [7, 11) is 0. The van der Waals surface area contributed by atoms with Gasteiger partial charge in [-0.1, -0.05) is 0 Å². The van der Waals surface area contributed by atoms with Crippen molar-refractivity contribution in [2.24, 2.45) is 0 Å². The predicted octanol–water partition coefficient (Wildman–Crippen LogP) is 1.20. The Bertz CT molecular complexity index is 547. The maximum atomic E-state index is 13.3. The first-order valence-corrected chi connectivity index (χ1v) is 8.28. The van der Waals surface area contributed by atoms with E-state index in [0.29, 0.717) is 19.0 Å². The molecule has 2 unspecified atom stereocenters. The number of H-pyrrole nitrogens is 1. The molecule has 3 aliphatic heterocycles. The minimum atomic E-state index is -0.825. The standard InChI is InChI=1S/C15H22N4O3/c20-14(19-8-3-5-11-13(19)17-18-16-11)15(7-4-10-22-15)12-6-1-2-9-21-12/h12H,1-10H2,(H,16,17,18). The van der Waals surface area contributed by atoms with E-state index in [1.165, 1.54) is 0 Å². The van der Waals surface area contributed by atoms with Crippen LogP contribution in [0.1, 0.15) is 44.2 Å². The van der Waals surface area contributed by atoms with Crippen LogP contribution in [0.4, 0.5) is 5.82 Å². The van der Waals surface area contributed by atoms with Crippen molar-refractivity contribution < 1.29 is 14.3 Å². The van der Waals surface area contributed by atoms with Crippen LogP contribution in [0, 0.1) is 0 Å². The van der Waals surface area contributed by atoms with Crippen molar-refractivity contribution in [3.05, 3.63) is 5.69 Å². The number of aryl methyl sites for hydroxylation is 1. The van der Waals surface area contributed by atoms with Gasteiger partial charge in [0.2, 0.25) is 0 Å². The van der Waals surface area contributed by atoms with Gasteiger partial charge in [-0.2, -0.15) is 10.3 Å². The number of hydrogen-bond acceptors (Lipinski definition) is 5. The zero-order chi connectivity index (χ0) is 15.0. The molecule has 4 rings (SSSR count). The molecule has 22 heavy (non-hydrogen) atoms. The number of aromatic amines is 1. The molecule has 2 fully saturated rings. The van der Waals surface area contributed by atoms with Crippen molar-refractivity contribution >= 4 is 11.7 Å². The van der Waals surface area contributed by atoms with Gasteiger partial charge in [0.15, 0.2) is 11.4 Å². The summed E-state index contributed by atoms with van der Waals surface area (Å²) < 4.78 is 11.9. The first kappa shape index (κ1) is 14.1. The lowest BCUT2D eigenvalue weighted by Crippen LogP contribution is -2.58. The highest BCUT2D eigenvalue weighted by Crippen LogP contribution is 2.38. The van der Waals surface area contributed by atoms with Gasteiger partial charge in [0.05, 0.1) is 6.10 Å². The van der Waals surface area contributed by atoms with E-state index in [2.05, 4.69) is 15.4 Å². The van der Waals surface area contributed by atoms with Crippen LogP contribution in [-0.2, 0) is 20.7 Å². The summed E-state index contributed by atoms with van der Waals surface area (Å²) in [6.07, 6.45) is 6.34. The molecule has 1 aromatic heterocycles. The van der Waals surface area contributed by atoms with Gasteiger partial charge < -0.3 is 9.47 Å². The Hall–Kier alpha value is -1.47. The number of amides is 1. The predicted molar refractivity (Wildman–Crippen MR) is 78.6 cm³/mol. The molecule has 1 amide bonds. The number of carbonyl (C=O) groups excluding carboxylic acids is 1. The summed E-state index contributed by atoms with van der Waals surface area (Å²) in [6.45, 7) is 2.03. The average molecular weight is 306 g/mol. The van der Waals surface area contributed by atoms with Crippen LogP contribution in [0.5, 0.6) is 0 Å². The van der Waals surface area contributed by atoms with E-state index in [-0.39, 0.29) is 12.0 Å². The summed E-state index contributed by atoms with van der Waals surface area (Å²) in [4.78, 5) is 15.1. The number of hydrogen-bond donors (Lipinski definition) is 1. The van der Waals surface area contributed by atoms with E-state index in [4.69, 9.17) is 9.47 Å². The third-order valence-electron chi connectivity index (χ3n) is 5.01. The molecule has 2 saturated heterocycles. The Morgan fingerprint density at radius 3 is 2.95 bits per heavy atom. The fourth-order valence-corrected chi connectivity index (χ4v) is 3.90. The lowest BCUT2D eigenvalue weighted by Gasteiger charge is -2.40.